The molecule has 0 saturated heterocycles. The fourth-order valence-electron chi connectivity index (χ4n) is 1.87. The monoisotopic (exact) mass is 325 g/mol. The summed E-state index contributed by atoms with van der Waals surface area (Å²) in [5.74, 6) is -0.818. The van der Waals surface area contributed by atoms with E-state index in [9.17, 15) is 14.9 Å². The highest BCUT2D eigenvalue weighted by atomic mass is 79.9. The first-order chi connectivity index (χ1) is 8.97. The van der Waals surface area contributed by atoms with E-state index in [0.717, 1.165) is 0 Å². The summed E-state index contributed by atoms with van der Waals surface area (Å²) >= 11 is 3.19. The molecule has 2 rings (SSSR count). The van der Waals surface area contributed by atoms with Crippen molar-refractivity contribution in [2.75, 3.05) is 0 Å². The van der Waals surface area contributed by atoms with Gasteiger partial charge in [0.05, 0.1) is 14.8 Å². The van der Waals surface area contributed by atoms with Crippen LogP contribution >= 0.6 is 15.9 Å². The SMILES string of the molecule is Cc1ccc([N+](=O)[O-])c2c(Br)cnc(C(=O)NO)c12. The second kappa shape index (κ2) is 4.90. The molecule has 1 amide bonds. The lowest BCUT2D eigenvalue weighted by molar-refractivity contribution is -0.383. The van der Waals surface area contributed by atoms with Crippen LogP contribution in [0, 0.1) is 17.0 Å². The number of fused-ring (bicyclic) bond motifs is 1. The fourth-order valence-corrected chi connectivity index (χ4v) is 2.37. The molecule has 0 radical (unpaired) electrons. The molecule has 0 bridgehead atoms. The van der Waals surface area contributed by atoms with Crippen LogP contribution in [0.5, 0.6) is 0 Å². The first-order valence-electron chi connectivity index (χ1n) is 5.14. The Kier molecular flexibility index (Phi) is 3.45. The van der Waals surface area contributed by atoms with Gasteiger partial charge in [-0.1, -0.05) is 6.07 Å². The maximum Gasteiger partial charge on any atom is 0.293 e. The van der Waals surface area contributed by atoms with E-state index in [1.54, 1.807) is 6.92 Å². The van der Waals surface area contributed by atoms with E-state index in [0.29, 0.717) is 15.4 Å². The fraction of sp³-hybridized carbons (Fsp3) is 0.0909. The number of aromatic nitrogens is 1. The minimum absolute atomic E-state index is 0.0677. The molecule has 0 atom stereocenters. The number of hydroxylamine groups is 1. The predicted molar refractivity (Wildman–Crippen MR) is 70.1 cm³/mol. The molecule has 2 aromatic rings. The van der Waals surface area contributed by atoms with Crippen molar-refractivity contribution in [1.82, 2.24) is 10.5 Å². The van der Waals surface area contributed by atoms with Gasteiger partial charge in [0.15, 0.2) is 0 Å². The van der Waals surface area contributed by atoms with Crippen LogP contribution in [-0.4, -0.2) is 21.0 Å². The number of nitro groups is 1. The third-order valence-corrected chi connectivity index (χ3v) is 3.29. The van der Waals surface area contributed by atoms with E-state index >= 15 is 0 Å². The Labute approximate surface area is 115 Å². The smallest absolute Gasteiger partial charge is 0.288 e. The Morgan fingerprint density at radius 1 is 1.47 bits per heavy atom. The molecule has 19 heavy (non-hydrogen) atoms. The minimum atomic E-state index is -0.818. The Bertz CT molecular complexity index is 702. The summed E-state index contributed by atoms with van der Waals surface area (Å²) in [6, 6.07) is 2.89. The molecular weight excluding hydrogens is 318 g/mol. The number of halogens is 1. The largest absolute Gasteiger partial charge is 0.293 e. The van der Waals surface area contributed by atoms with Crippen LogP contribution in [0.4, 0.5) is 5.69 Å². The van der Waals surface area contributed by atoms with Gasteiger partial charge in [0.2, 0.25) is 0 Å². The quantitative estimate of drug-likeness (QED) is 0.500. The maximum atomic E-state index is 11.6. The Morgan fingerprint density at radius 2 is 2.16 bits per heavy atom. The number of hydrogen-bond acceptors (Lipinski definition) is 5. The first kappa shape index (κ1) is 13.4. The van der Waals surface area contributed by atoms with Gasteiger partial charge in [0.25, 0.3) is 11.6 Å². The number of carbonyl (C=O) groups excluding carboxylic acids is 1. The van der Waals surface area contributed by atoms with Crippen molar-refractivity contribution in [1.29, 1.82) is 0 Å². The maximum absolute atomic E-state index is 11.6. The number of pyridine rings is 1. The van der Waals surface area contributed by atoms with Crippen molar-refractivity contribution < 1.29 is 14.9 Å². The Hall–Kier alpha value is -2.06. The van der Waals surface area contributed by atoms with Gasteiger partial charge >= 0.3 is 0 Å². The number of nitrogens with one attached hydrogen (secondary N) is 1. The molecule has 2 N–H and O–H groups in total. The average molecular weight is 326 g/mol. The third kappa shape index (κ3) is 2.15. The van der Waals surface area contributed by atoms with Gasteiger partial charge in [-0.3, -0.25) is 20.1 Å². The van der Waals surface area contributed by atoms with Crippen LogP contribution in [0.25, 0.3) is 10.8 Å². The molecule has 1 aromatic heterocycles. The number of rotatable bonds is 2. The molecular formula is C11H8BrN3O4. The number of nitro benzene ring substituents is 1. The minimum Gasteiger partial charge on any atom is -0.288 e. The number of amides is 1. The van der Waals surface area contributed by atoms with Crippen LogP contribution in [0.1, 0.15) is 16.1 Å². The number of hydrogen-bond donors (Lipinski definition) is 2. The molecule has 1 heterocycles. The van der Waals surface area contributed by atoms with Crippen LogP contribution in [0.3, 0.4) is 0 Å². The van der Waals surface area contributed by atoms with E-state index in [1.807, 2.05) is 0 Å². The van der Waals surface area contributed by atoms with Crippen molar-refractivity contribution in [3.05, 3.63) is 44.2 Å². The second-order valence-corrected chi connectivity index (χ2v) is 4.66. The number of carbonyl (C=O) groups is 1. The number of aryl methyl sites for hydroxylation is 1. The van der Waals surface area contributed by atoms with Crippen molar-refractivity contribution in [2.24, 2.45) is 0 Å². The normalized spacial score (nSPS) is 10.5. The molecule has 0 aliphatic carbocycles. The lowest BCUT2D eigenvalue weighted by Crippen LogP contribution is -2.20. The summed E-state index contributed by atoms with van der Waals surface area (Å²) in [7, 11) is 0. The zero-order valence-corrected chi connectivity index (χ0v) is 11.3. The van der Waals surface area contributed by atoms with Crippen LogP contribution in [0.15, 0.2) is 22.8 Å². The van der Waals surface area contributed by atoms with E-state index in [-0.39, 0.29) is 16.8 Å². The van der Waals surface area contributed by atoms with Crippen LogP contribution in [-0.2, 0) is 0 Å². The topological polar surface area (TPSA) is 105 Å². The van der Waals surface area contributed by atoms with E-state index < -0.39 is 10.8 Å². The van der Waals surface area contributed by atoms with Gasteiger partial charge in [-0.2, -0.15) is 0 Å². The van der Waals surface area contributed by atoms with Crippen molar-refractivity contribution in [2.45, 2.75) is 6.92 Å². The summed E-state index contributed by atoms with van der Waals surface area (Å²) in [6.45, 7) is 1.70. The van der Waals surface area contributed by atoms with Gasteiger partial charge in [-0.25, -0.2) is 10.5 Å². The van der Waals surface area contributed by atoms with Gasteiger partial charge in [-0.15, -0.1) is 0 Å². The molecule has 0 saturated carbocycles. The molecule has 0 aliphatic heterocycles. The molecule has 0 unspecified atom stereocenters. The van der Waals surface area contributed by atoms with Gasteiger partial charge < -0.3 is 0 Å². The summed E-state index contributed by atoms with van der Waals surface area (Å²) in [4.78, 5) is 26.0. The van der Waals surface area contributed by atoms with Gasteiger partial charge in [0, 0.05) is 17.6 Å². The van der Waals surface area contributed by atoms with Crippen LogP contribution < -0.4 is 5.48 Å². The standard InChI is InChI=1S/C11H8BrN3O4/c1-5-2-3-7(15(18)19)9-6(12)4-13-10(8(5)9)11(16)14-17/h2-4,17H,1H3,(H,14,16). The Morgan fingerprint density at radius 3 is 2.74 bits per heavy atom. The van der Waals surface area contributed by atoms with Gasteiger partial charge in [-0.05, 0) is 28.4 Å². The Balaban J connectivity index is 2.97. The second-order valence-electron chi connectivity index (χ2n) is 3.80. The zero-order chi connectivity index (χ0) is 14.2. The number of non-ortho nitro benzene ring substituents is 1. The molecule has 0 fully saturated rings. The van der Waals surface area contributed by atoms with Crippen molar-refractivity contribution in [3.63, 3.8) is 0 Å². The molecule has 0 spiro atoms. The predicted octanol–water partition coefficient (Wildman–Crippen LogP) is 2.33. The van der Waals surface area contributed by atoms with Gasteiger partial charge in [0.1, 0.15) is 5.69 Å². The van der Waals surface area contributed by atoms with Crippen molar-refractivity contribution in [3.8, 4) is 0 Å². The first-order valence-corrected chi connectivity index (χ1v) is 5.93. The molecule has 98 valence electrons. The zero-order valence-electron chi connectivity index (χ0n) is 9.68. The summed E-state index contributed by atoms with van der Waals surface area (Å²) < 4.78 is 0.410. The lowest BCUT2D eigenvalue weighted by atomic mass is 10.0. The van der Waals surface area contributed by atoms with E-state index in [4.69, 9.17) is 5.21 Å². The highest BCUT2D eigenvalue weighted by molar-refractivity contribution is 9.10. The summed E-state index contributed by atoms with van der Waals surface area (Å²) in [6.07, 6.45) is 1.29. The highest BCUT2D eigenvalue weighted by Gasteiger charge is 2.22. The number of benzene rings is 1. The highest BCUT2D eigenvalue weighted by Crippen LogP contribution is 2.35. The molecule has 0 aliphatic rings. The summed E-state index contributed by atoms with van der Waals surface area (Å²) in [5.41, 5.74) is 1.92. The molecule has 8 heteroatoms. The number of nitrogens with zero attached hydrogens (tertiary/aromatic N) is 2. The van der Waals surface area contributed by atoms with Crippen LogP contribution in [0.2, 0.25) is 0 Å². The average Bonchev–Trinajstić information content (AvgIpc) is 2.38. The molecule has 1 aromatic carbocycles. The lowest BCUT2D eigenvalue weighted by Gasteiger charge is -2.09. The third-order valence-electron chi connectivity index (χ3n) is 2.69. The molecule has 7 nitrogen and oxygen atoms in total. The van der Waals surface area contributed by atoms with Crippen molar-refractivity contribution >= 4 is 38.3 Å². The summed E-state index contributed by atoms with van der Waals surface area (Å²) in [5, 5.41) is 20.4. The van der Waals surface area contributed by atoms with E-state index in [2.05, 4.69) is 20.9 Å². The van der Waals surface area contributed by atoms with E-state index in [1.165, 1.54) is 23.8 Å².